The van der Waals surface area contributed by atoms with E-state index < -0.39 is 10.0 Å². The highest BCUT2D eigenvalue weighted by Crippen LogP contribution is 2.24. The second-order valence-electron chi connectivity index (χ2n) is 3.96. The number of nitrogens with two attached hydrogens (primary N) is 1. The van der Waals surface area contributed by atoms with Crippen LogP contribution in [0.15, 0.2) is 17.2 Å². The van der Waals surface area contributed by atoms with E-state index in [0.29, 0.717) is 11.8 Å². The molecule has 1 saturated heterocycles. The minimum atomic E-state index is -3.57. The summed E-state index contributed by atoms with van der Waals surface area (Å²) in [4.78, 5) is 3.80. The molecule has 1 aliphatic heterocycles. The first-order chi connectivity index (χ1) is 8.99. The molecule has 0 bridgehead atoms. The molecule has 3 N–H and O–H groups in total. The Morgan fingerprint density at radius 2 is 2.32 bits per heavy atom. The maximum Gasteiger partial charge on any atom is 0.242 e. The minimum absolute atomic E-state index is 0.0418. The quantitative estimate of drug-likeness (QED) is 0.863. The number of thioether (sulfide) groups is 2. The van der Waals surface area contributed by atoms with Gasteiger partial charge in [0, 0.05) is 35.3 Å². The number of nitrogens with one attached hydrogen (secondary N) is 1. The van der Waals surface area contributed by atoms with Crippen molar-refractivity contribution in [2.24, 2.45) is 0 Å². The SMILES string of the molecule is Nc1ncc(S(=O)(=O)NCC2CSCCS2)cc1Cl. The fourth-order valence-electron chi connectivity index (χ4n) is 1.52. The third-order valence-corrected chi connectivity index (χ3v) is 7.08. The highest BCUT2D eigenvalue weighted by molar-refractivity contribution is 8.06. The molecule has 1 aromatic heterocycles. The number of hydrogen-bond donors (Lipinski definition) is 2. The smallest absolute Gasteiger partial charge is 0.242 e. The van der Waals surface area contributed by atoms with Crippen LogP contribution >= 0.6 is 35.1 Å². The second-order valence-corrected chi connectivity index (χ2v) is 8.69. The van der Waals surface area contributed by atoms with Gasteiger partial charge in [-0.1, -0.05) is 11.6 Å². The van der Waals surface area contributed by atoms with Crippen LogP contribution in [0.2, 0.25) is 5.02 Å². The standard InChI is InChI=1S/C10H14ClN3O2S3/c11-9-3-8(5-13-10(9)12)19(15,16)14-4-7-6-17-1-2-18-7/h3,5,7,14H,1-2,4,6H2,(H2,12,13). The molecule has 0 radical (unpaired) electrons. The average molecular weight is 340 g/mol. The zero-order chi connectivity index (χ0) is 13.9. The third-order valence-electron chi connectivity index (χ3n) is 2.54. The molecular formula is C10H14ClN3O2S3. The first-order valence-corrected chi connectivity index (χ1v) is 9.65. The summed E-state index contributed by atoms with van der Waals surface area (Å²) in [7, 11) is -3.57. The number of anilines is 1. The summed E-state index contributed by atoms with van der Waals surface area (Å²) in [6.07, 6.45) is 1.21. The van der Waals surface area contributed by atoms with Crippen LogP contribution in [-0.2, 0) is 10.0 Å². The van der Waals surface area contributed by atoms with Crippen molar-refractivity contribution in [3.05, 3.63) is 17.3 Å². The van der Waals surface area contributed by atoms with Crippen molar-refractivity contribution in [1.29, 1.82) is 0 Å². The number of sulfonamides is 1. The Morgan fingerprint density at radius 3 is 2.95 bits per heavy atom. The Labute approximate surface area is 126 Å². The Morgan fingerprint density at radius 1 is 1.53 bits per heavy atom. The topological polar surface area (TPSA) is 85.1 Å². The number of aromatic nitrogens is 1. The van der Waals surface area contributed by atoms with Gasteiger partial charge in [-0.2, -0.15) is 23.5 Å². The highest BCUT2D eigenvalue weighted by Gasteiger charge is 2.20. The average Bonchev–Trinajstić information content (AvgIpc) is 2.41. The lowest BCUT2D eigenvalue weighted by atomic mass is 10.5. The molecule has 19 heavy (non-hydrogen) atoms. The number of pyridine rings is 1. The van der Waals surface area contributed by atoms with Gasteiger partial charge in [-0.25, -0.2) is 18.1 Å². The summed E-state index contributed by atoms with van der Waals surface area (Å²) < 4.78 is 26.7. The summed E-state index contributed by atoms with van der Waals surface area (Å²) in [6.45, 7) is 0.419. The van der Waals surface area contributed by atoms with Crippen molar-refractivity contribution in [3.63, 3.8) is 0 Å². The van der Waals surface area contributed by atoms with Gasteiger partial charge in [0.25, 0.3) is 0 Å². The molecule has 1 atom stereocenters. The van der Waals surface area contributed by atoms with Crippen molar-refractivity contribution in [1.82, 2.24) is 9.71 Å². The monoisotopic (exact) mass is 339 g/mol. The van der Waals surface area contributed by atoms with Gasteiger partial charge in [-0.05, 0) is 6.07 Å². The van der Waals surface area contributed by atoms with Gasteiger partial charge in [-0.15, -0.1) is 0 Å². The van der Waals surface area contributed by atoms with Crippen molar-refractivity contribution in [2.75, 3.05) is 29.5 Å². The van der Waals surface area contributed by atoms with Gasteiger partial charge in [0.05, 0.1) is 5.02 Å². The molecule has 0 aromatic carbocycles. The molecule has 1 fully saturated rings. The van der Waals surface area contributed by atoms with Crippen LogP contribution in [0.25, 0.3) is 0 Å². The van der Waals surface area contributed by atoms with Gasteiger partial charge < -0.3 is 5.73 Å². The lowest BCUT2D eigenvalue weighted by molar-refractivity contribution is 0.581. The normalized spacial score (nSPS) is 20.4. The van der Waals surface area contributed by atoms with Gasteiger partial charge >= 0.3 is 0 Å². The molecule has 0 spiro atoms. The van der Waals surface area contributed by atoms with Crippen LogP contribution in [0.5, 0.6) is 0 Å². The highest BCUT2D eigenvalue weighted by atomic mass is 35.5. The summed E-state index contributed by atoms with van der Waals surface area (Å²) in [6, 6.07) is 1.31. The molecule has 2 heterocycles. The van der Waals surface area contributed by atoms with Gasteiger partial charge in [0.2, 0.25) is 10.0 Å². The summed E-state index contributed by atoms with van der Waals surface area (Å²) in [5.41, 5.74) is 5.46. The van der Waals surface area contributed by atoms with Crippen molar-refractivity contribution in [3.8, 4) is 0 Å². The van der Waals surface area contributed by atoms with Gasteiger partial charge in [-0.3, -0.25) is 0 Å². The lowest BCUT2D eigenvalue weighted by Crippen LogP contribution is -2.33. The molecule has 5 nitrogen and oxygen atoms in total. The van der Waals surface area contributed by atoms with E-state index in [1.165, 1.54) is 12.3 Å². The Balaban J connectivity index is 2.02. The van der Waals surface area contributed by atoms with Crippen molar-refractivity contribution >= 4 is 51.0 Å². The Bertz CT molecular complexity index is 547. The fraction of sp³-hybridized carbons (Fsp3) is 0.500. The third kappa shape index (κ3) is 4.16. The first-order valence-electron chi connectivity index (χ1n) is 5.59. The number of rotatable bonds is 4. The number of nitrogens with zero attached hydrogens (tertiary/aromatic N) is 1. The van der Waals surface area contributed by atoms with E-state index in [1.54, 1.807) is 11.8 Å². The molecule has 0 saturated carbocycles. The molecule has 9 heteroatoms. The Hall–Kier alpha value is -0.150. The zero-order valence-corrected chi connectivity index (χ0v) is 13.2. The predicted molar refractivity (Wildman–Crippen MR) is 82.4 cm³/mol. The Kier molecular flexibility index (Phi) is 5.24. The van der Waals surface area contributed by atoms with Crippen molar-refractivity contribution in [2.45, 2.75) is 10.1 Å². The summed E-state index contributed by atoms with van der Waals surface area (Å²) >= 11 is 9.42. The fourth-order valence-corrected chi connectivity index (χ4v) is 5.52. The predicted octanol–water partition coefficient (Wildman–Crippen LogP) is 1.44. The van der Waals surface area contributed by atoms with Crippen molar-refractivity contribution < 1.29 is 8.42 Å². The summed E-state index contributed by atoms with van der Waals surface area (Å²) in [5, 5.41) is 0.455. The molecule has 106 valence electrons. The van der Waals surface area contributed by atoms with Crippen LogP contribution in [-0.4, -0.2) is 42.5 Å². The minimum Gasteiger partial charge on any atom is -0.382 e. The number of nitrogen functional groups attached to an aromatic ring is 1. The van der Waals surface area contributed by atoms with E-state index in [1.807, 2.05) is 11.8 Å². The maximum atomic E-state index is 12.1. The molecule has 2 rings (SSSR count). The molecule has 1 unspecified atom stereocenters. The molecular weight excluding hydrogens is 326 g/mol. The lowest BCUT2D eigenvalue weighted by Gasteiger charge is -2.21. The van der Waals surface area contributed by atoms with Gasteiger partial charge in [0.1, 0.15) is 10.7 Å². The number of halogens is 1. The van der Waals surface area contributed by atoms with E-state index >= 15 is 0 Å². The first kappa shape index (κ1) is 15.2. The van der Waals surface area contributed by atoms with Crippen LogP contribution < -0.4 is 10.5 Å². The largest absolute Gasteiger partial charge is 0.382 e. The molecule has 1 aliphatic rings. The summed E-state index contributed by atoms with van der Waals surface area (Å²) in [5.74, 6) is 3.28. The molecule has 0 aliphatic carbocycles. The van der Waals surface area contributed by atoms with E-state index in [2.05, 4.69) is 9.71 Å². The van der Waals surface area contributed by atoms with Crippen LogP contribution in [0, 0.1) is 0 Å². The van der Waals surface area contributed by atoms with Crippen LogP contribution in [0.4, 0.5) is 5.82 Å². The van der Waals surface area contributed by atoms with E-state index in [-0.39, 0.29) is 15.7 Å². The van der Waals surface area contributed by atoms with E-state index in [0.717, 1.165) is 17.3 Å². The van der Waals surface area contributed by atoms with E-state index in [4.69, 9.17) is 17.3 Å². The van der Waals surface area contributed by atoms with Crippen LogP contribution in [0.1, 0.15) is 0 Å². The maximum absolute atomic E-state index is 12.1. The number of hydrogen-bond acceptors (Lipinski definition) is 6. The van der Waals surface area contributed by atoms with Gasteiger partial charge in [0.15, 0.2) is 0 Å². The zero-order valence-electron chi connectivity index (χ0n) is 10.0. The van der Waals surface area contributed by atoms with Crippen LogP contribution in [0.3, 0.4) is 0 Å². The van der Waals surface area contributed by atoms with E-state index in [9.17, 15) is 8.42 Å². The molecule has 1 aromatic rings. The molecule has 0 amide bonds. The second kappa shape index (κ2) is 6.53.